The fourth-order valence-electron chi connectivity index (χ4n) is 7.79. The van der Waals surface area contributed by atoms with Gasteiger partial charge in [0.25, 0.3) is 0 Å². The first-order valence-electron chi connectivity index (χ1n) is 17.4. The molecule has 0 spiro atoms. The molecule has 51 heavy (non-hydrogen) atoms. The molecule has 0 amide bonds. The molecule has 0 unspecified atom stereocenters. The summed E-state index contributed by atoms with van der Waals surface area (Å²) >= 11 is 1.88. The predicted molar refractivity (Wildman–Crippen MR) is 219 cm³/mol. The highest BCUT2D eigenvalue weighted by Crippen LogP contribution is 2.43. The van der Waals surface area contributed by atoms with Crippen molar-refractivity contribution in [2.24, 2.45) is 0 Å². The van der Waals surface area contributed by atoms with Crippen LogP contribution < -0.4 is 4.90 Å². The van der Waals surface area contributed by atoms with Gasteiger partial charge in [0, 0.05) is 54.1 Å². The molecule has 0 bridgehead atoms. The van der Waals surface area contributed by atoms with Crippen molar-refractivity contribution < 1.29 is 4.42 Å². The number of furan rings is 1. The van der Waals surface area contributed by atoms with Crippen LogP contribution >= 0.6 is 11.3 Å². The first-order chi connectivity index (χ1) is 25.1. The normalized spacial score (nSPS) is 11.7. The molecule has 3 heteroatoms. The van der Waals surface area contributed by atoms with Crippen molar-refractivity contribution in [3.05, 3.63) is 175 Å². The Bertz CT molecular complexity index is 2950. The lowest BCUT2D eigenvalue weighted by atomic mass is 9.90. The van der Waals surface area contributed by atoms with Gasteiger partial charge in [-0.3, -0.25) is 0 Å². The molecule has 0 aliphatic rings. The molecule has 0 fully saturated rings. The molecule has 0 aliphatic carbocycles. The second kappa shape index (κ2) is 11.7. The van der Waals surface area contributed by atoms with Gasteiger partial charge in [-0.2, -0.15) is 0 Å². The van der Waals surface area contributed by atoms with Crippen LogP contribution in [0.25, 0.3) is 75.1 Å². The van der Waals surface area contributed by atoms with Gasteiger partial charge in [-0.25, -0.2) is 0 Å². The molecule has 8 aromatic carbocycles. The Hall–Kier alpha value is -6.16. The fraction of sp³-hybridized carbons (Fsp3) is 0.0417. The number of benzene rings is 8. The zero-order valence-electron chi connectivity index (χ0n) is 28.4. The Balaban J connectivity index is 1.08. The minimum Gasteiger partial charge on any atom is -0.456 e. The van der Waals surface area contributed by atoms with Crippen LogP contribution in [0.1, 0.15) is 11.1 Å². The molecule has 0 N–H and O–H groups in total. The largest absolute Gasteiger partial charge is 0.456 e. The molecule has 2 heterocycles. The van der Waals surface area contributed by atoms with Gasteiger partial charge in [0.15, 0.2) is 0 Å². The van der Waals surface area contributed by atoms with E-state index in [1.54, 1.807) is 0 Å². The molecule has 0 radical (unpaired) electrons. The Morgan fingerprint density at radius 1 is 0.431 bits per heavy atom. The van der Waals surface area contributed by atoms with Crippen molar-refractivity contribution in [3.63, 3.8) is 0 Å². The van der Waals surface area contributed by atoms with Gasteiger partial charge in [-0.15, -0.1) is 11.3 Å². The highest BCUT2D eigenvalue weighted by molar-refractivity contribution is 7.26. The lowest BCUT2D eigenvalue weighted by Crippen LogP contribution is -2.09. The SMILES string of the molecule is Cc1ccc(-c2cccc(N(c3ccccc3)c3ccc4c(c3)oc3ccccc34)c2)cc1-c1cc2ccc3sc4ccccc4c3c2cc1C. The Kier molecular flexibility index (Phi) is 6.83. The maximum Gasteiger partial charge on any atom is 0.137 e. The first kappa shape index (κ1) is 29.7. The smallest absolute Gasteiger partial charge is 0.137 e. The van der Waals surface area contributed by atoms with Crippen LogP contribution in [0.4, 0.5) is 17.1 Å². The molecule has 2 aromatic heterocycles. The van der Waals surface area contributed by atoms with E-state index in [0.29, 0.717) is 0 Å². The second-order valence-electron chi connectivity index (χ2n) is 13.5. The summed E-state index contributed by atoms with van der Waals surface area (Å²) in [5.74, 6) is 0. The number of rotatable bonds is 5. The zero-order chi connectivity index (χ0) is 34.1. The minimum absolute atomic E-state index is 0.882. The van der Waals surface area contributed by atoms with E-state index in [0.717, 1.165) is 39.0 Å². The van der Waals surface area contributed by atoms with Crippen molar-refractivity contribution in [1.82, 2.24) is 0 Å². The Morgan fingerprint density at radius 3 is 2.06 bits per heavy atom. The number of hydrogen-bond acceptors (Lipinski definition) is 3. The van der Waals surface area contributed by atoms with Crippen LogP contribution in [0.2, 0.25) is 0 Å². The number of para-hydroxylation sites is 2. The van der Waals surface area contributed by atoms with E-state index in [9.17, 15) is 0 Å². The molecule has 0 saturated heterocycles. The highest BCUT2D eigenvalue weighted by atomic mass is 32.1. The third kappa shape index (κ3) is 4.92. The van der Waals surface area contributed by atoms with Crippen molar-refractivity contribution >= 4 is 81.3 Å². The number of anilines is 3. The van der Waals surface area contributed by atoms with Crippen LogP contribution in [0, 0.1) is 13.8 Å². The van der Waals surface area contributed by atoms with Gasteiger partial charge in [0.2, 0.25) is 0 Å². The number of thiophene rings is 1. The van der Waals surface area contributed by atoms with Crippen molar-refractivity contribution in [1.29, 1.82) is 0 Å². The Morgan fingerprint density at radius 2 is 1.16 bits per heavy atom. The molecule has 0 atom stereocenters. The van der Waals surface area contributed by atoms with Gasteiger partial charge in [0.05, 0.1) is 0 Å². The molecule has 0 saturated carbocycles. The Labute approximate surface area is 300 Å². The van der Waals surface area contributed by atoms with Gasteiger partial charge in [-0.05, 0) is 125 Å². The highest BCUT2D eigenvalue weighted by Gasteiger charge is 2.17. The maximum atomic E-state index is 6.32. The number of hydrogen-bond donors (Lipinski definition) is 0. The standard InChI is InChI=1S/C48H33NOS/c1-30-19-20-33(27-41(30)42-28-34-21-24-47-48(43(34)25-31(42)2)40-16-7-9-18-46(40)51-47)32-11-10-14-36(26-32)49(35-12-4-3-5-13-35)37-22-23-39-38-15-6-8-17-44(38)50-45(39)29-37/h3-29H,1-2H3. The summed E-state index contributed by atoms with van der Waals surface area (Å²) in [5.41, 5.74) is 12.5. The summed E-state index contributed by atoms with van der Waals surface area (Å²) < 4.78 is 9.01. The average molecular weight is 672 g/mol. The van der Waals surface area contributed by atoms with E-state index < -0.39 is 0 Å². The van der Waals surface area contributed by atoms with E-state index in [1.807, 2.05) is 23.5 Å². The van der Waals surface area contributed by atoms with E-state index in [1.165, 1.54) is 64.3 Å². The van der Waals surface area contributed by atoms with Crippen LogP contribution in [-0.2, 0) is 0 Å². The van der Waals surface area contributed by atoms with E-state index in [4.69, 9.17) is 4.42 Å². The van der Waals surface area contributed by atoms with Crippen molar-refractivity contribution in [3.8, 4) is 22.3 Å². The molecule has 10 rings (SSSR count). The summed E-state index contributed by atoms with van der Waals surface area (Å²) in [6.07, 6.45) is 0. The van der Waals surface area contributed by atoms with Gasteiger partial charge < -0.3 is 9.32 Å². The monoisotopic (exact) mass is 671 g/mol. The van der Waals surface area contributed by atoms with Gasteiger partial charge >= 0.3 is 0 Å². The quantitative estimate of drug-likeness (QED) is 0.181. The van der Waals surface area contributed by atoms with Crippen LogP contribution in [0.3, 0.4) is 0 Å². The molecular weight excluding hydrogens is 639 g/mol. The van der Waals surface area contributed by atoms with E-state index in [2.05, 4.69) is 170 Å². The number of fused-ring (bicyclic) bond motifs is 8. The molecular formula is C48H33NOS. The summed E-state index contributed by atoms with van der Waals surface area (Å²) in [4.78, 5) is 2.31. The predicted octanol–water partition coefficient (Wildman–Crippen LogP) is 14.5. The van der Waals surface area contributed by atoms with Crippen LogP contribution in [-0.4, -0.2) is 0 Å². The van der Waals surface area contributed by atoms with E-state index in [-0.39, 0.29) is 0 Å². The summed E-state index contributed by atoms with van der Waals surface area (Å²) in [7, 11) is 0. The summed E-state index contributed by atoms with van der Waals surface area (Å²) in [5, 5.41) is 7.58. The topological polar surface area (TPSA) is 16.4 Å². The third-order valence-corrected chi connectivity index (χ3v) is 11.4. The molecule has 10 aromatic rings. The van der Waals surface area contributed by atoms with Crippen LogP contribution in [0.5, 0.6) is 0 Å². The van der Waals surface area contributed by atoms with Crippen LogP contribution in [0.15, 0.2) is 168 Å². The van der Waals surface area contributed by atoms with Gasteiger partial charge in [0.1, 0.15) is 11.2 Å². The lowest BCUT2D eigenvalue weighted by Gasteiger charge is -2.26. The number of aryl methyl sites for hydroxylation is 2. The lowest BCUT2D eigenvalue weighted by molar-refractivity contribution is 0.669. The molecule has 0 aliphatic heterocycles. The van der Waals surface area contributed by atoms with Gasteiger partial charge in [-0.1, -0.05) is 91.0 Å². The third-order valence-electron chi connectivity index (χ3n) is 10.3. The molecule has 2 nitrogen and oxygen atoms in total. The number of nitrogens with zero attached hydrogens (tertiary/aromatic N) is 1. The second-order valence-corrected chi connectivity index (χ2v) is 14.5. The van der Waals surface area contributed by atoms with E-state index >= 15 is 0 Å². The zero-order valence-corrected chi connectivity index (χ0v) is 29.2. The summed E-state index contributed by atoms with van der Waals surface area (Å²) in [6.45, 7) is 4.48. The molecule has 242 valence electrons. The minimum atomic E-state index is 0.882. The maximum absolute atomic E-state index is 6.32. The average Bonchev–Trinajstić information content (AvgIpc) is 3.74. The summed E-state index contributed by atoms with van der Waals surface area (Å²) in [6, 6.07) is 59.3. The fourth-order valence-corrected chi connectivity index (χ4v) is 8.91. The van der Waals surface area contributed by atoms with Crippen molar-refractivity contribution in [2.75, 3.05) is 4.90 Å². The first-order valence-corrected chi connectivity index (χ1v) is 18.2. The van der Waals surface area contributed by atoms with Crippen molar-refractivity contribution in [2.45, 2.75) is 13.8 Å².